The normalized spacial score (nSPS) is 20.9. The van der Waals surface area contributed by atoms with Crippen LogP contribution in [0.2, 0.25) is 0 Å². The van der Waals surface area contributed by atoms with Gasteiger partial charge in [-0.25, -0.2) is 9.97 Å². The Morgan fingerprint density at radius 2 is 2.12 bits per heavy atom. The Morgan fingerprint density at radius 1 is 1.26 bits per heavy atom. The van der Waals surface area contributed by atoms with Crippen LogP contribution in [0.5, 0.6) is 17.2 Å². The number of ether oxygens (including phenoxy) is 3. The van der Waals surface area contributed by atoms with Crippen molar-refractivity contribution in [1.29, 1.82) is 0 Å². The first kappa shape index (κ1) is 22.7. The van der Waals surface area contributed by atoms with Gasteiger partial charge in [-0.3, -0.25) is 4.79 Å². The summed E-state index contributed by atoms with van der Waals surface area (Å²) in [7, 11) is 0. The molecule has 3 aromatic rings. The van der Waals surface area contributed by atoms with Gasteiger partial charge in [0, 0.05) is 18.8 Å². The zero-order chi connectivity index (χ0) is 22.5. The summed E-state index contributed by atoms with van der Waals surface area (Å²) in [5, 5.41) is 16.1. The smallest absolute Gasteiger partial charge is 0.255 e. The summed E-state index contributed by atoms with van der Waals surface area (Å²) in [6, 6.07) is 3.36. The molecule has 2 aliphatic heterocycles. The van der Waals surface area contributed by atoms with E-state index in [2.05, 4.69) is 25.6 Å². The van der Waals surface area contributed by atoms with E-state index in [1.807, 2.05) is 19.1 Å². The third kappa shape index (κ3) is 3.91. The third-order valence-corrected chi connectivity index (χ3v) is 6.41. The first-order chi connectivity index (χ1) is 16.1. The molecule has 1 amide bonds. The molecule has 180 valence electrons. The Balaban J connectivity index is 0.00000241. The summed E-state index contributed by atoms with van der Waals surface area (Å²) < 4.78 is 17.5. The fraction of sp³-hybridized carbons (Fsp3) is 0.435. The number of hydrogen-bond acceptors (Lipinski definition) is 8. The van der Waals surface area contributed by atoms with Gasteiger partial charge in [0.15, 0.2) is 11.5 Å². The first-order valence-electron chi connectivity index (χ1n) is 11.2. The van der Waals surface area contributed by atoms with E-state index in [-0.39, 0.29) is 31.1 Å². The number of aliphatic hydroxyl groups excluding tert-OH is 1. The second-order valence-corrected chi connectivity index (χ2v) is 8.80. The number of β-amino-alcohol motifs (C(OH)–C–C–N with tert-alkyl or cyclic N) is 1. The molecule has 2 aromatic heterocycles. The molecule has 2 fully saturated rings. The molecule has 1 saturated heterocycles. The van der Waals surface area contributed by atoms with Gasteiger partial charge in [-0.15, -0.1) is 12.4 Å². The van der Waals surface area contributed by atoms with Crippen LogP contribution >= 0.6 is 12.4 Å². The van der Waals surface area contributed by atoms with Crippen molar-refractivity contribution in [3.8, 4) is 28.5 Å². The van der Waals surface area contributed by atoms with Crippen LogP contribution in [0.15, 0.2) is 18.5 Å². The maximum Gasteiger partial charge on any atom is 0.255 e. The molecule has 0 radical (unpaired) electrons. The van der Waals surface area contributed by atoms with Crippen molar-refractivity contribution in [1.82, 2.24) is 25.6 Å². The van der Waals surface area contributed by atoms with Gasteiger partial charge in [0.05, 0.1) is 35.4 Å². The summed E-state index contributed by atoms with van der Waals surface area (Å²) in [6.07, 6.45) is 3.17. The van der Waals surface area contributed by atoms with Crippen molar-refractivity contribution < 1.29 is 24.1 Å². The largest absolute Gasteiger partial charge is 0.492 e. The number of halogens is 1. The Morgan fingerprint density at radius 3 is 2.88 bits per heavy atom. The topological polar surface area (TPSA) is 131 Å². The molecule has 4 N–H and O–H groups in total. The number of rotatable bonds is 6. The first-order valence-corrected chi connectivity index (χ1v) is 11.2. The highest BCUT2D eigenvalue weighted by atomic mass is 35.5. The molecule has 4 heterocycles. The molecule has 11 heteroatoms. The number of aromatic amines is 1. The standard InChI is InChI=1S/C23H25N5O5.ClH/c1-11-17(23(30)28-13-6-24-7-14(13)29)19-21(27-11)20(26-9-25-19)18-15(31-8-12-2-3-12)4-5-16-22(18)33-10-32-16;/h4-5,9,12-14,24,27,29H,2-3,6-8,10H2,1H3,(H,28,30);1H/t13-,14-;/m1./s1. The van der Waals surface area contributed by atoms with Crippen LogP contribution in [0.25, 0.3) is 22.3 Å². The molecule has 34 heavy (non-hydrogen) atoms. The lowest BCUT2D eigenvalue weighted by Crippen LogP contribution is -2.42. The number of carbonyl (C=O) groups is 1. The van der Waals surface area contributed by atoms with Gasteiger partial charge in [-0.1, -0.05) is 0 Å². The molecule has 1 aliphatic carbocycles. The van der Waals surface area contributed by atoms with Crippen molar-refractivity contribution in [2.24, 2.45) is 5.92 Å². The van der Waals surface area contributed by atoms with Crippen LogP contribution in [-0.4, -0.2) is 64.6 Å². The van der Waals surface area contributed by atoms with Gasteiger partial charge >= 0.3 is 0 Å². The van der Waals surface area contributed by atoms with Gasteiger partial charge in [-0.2, -0.15) is 0 Å². The van der Waals surface area contributed by atoms with E-state index < -0.39 is 6.10 Å². The molecule has 1 aromatic carbocycles. The highest BCUT2D eigenvalue weighted by Crippen LogP contribution is 2.48. The summed E-state index contributed by atoms with van der Waals surface area (Å²) >= 11 is 0. The highest BCUT2D eigenvalue weighted by Gasteiger charge is 2.31. The number of aryl methyl sites for hydroxylation is 1. The fourth-order valence-electron chi connectivity index (χ4n) is 4.43. The number of benzene rings is 1. The van der Waals surface area contributed by atoms with Crippen LogP contribution in [0.3, 0.4) is 0 Å². The lowest BCUT2D eigenvalue weighted by atomic mass is 10.1. The second-order valence-electron chi connectivity index (χ2n) is 8.80. The summed E-state index contributed by atoms with van der Waals surface area (Å²) in [4.78, 5) is 25.4. The van der Waals surface area contributed by atoms with E-state index in [0.717, 1.165) is 0 Å². The number of H-pyrrole nitrogens is 1. The van der Waals surface area contributed by atoms with Crippen LogP contribution < -0.4 is 24.8 Å². The van der Waals surface area contributed by atoms with Crippen LogP contribution in [-0.2, 0) is 0 Å². The number of fused-ring (bicyclic) bond motifs is 2. The van der Waals surface area contributed by atoms with Crippen molar-refractivity contribution in [3.05, 3.63) is 29.7 Å². The maximum absolute atomic E-state index is 13.1. The van der Waals surface area contributed by atoms with Crippen molar-refractivity contribution in [2.45, 2.75) is 31.9 Å². The summed E-state index contributed by atoms with van der Waals surface area (Å²) in [5.41, 5.74) is 3.47. The third-order valence-electron chi connectivity index (χ3n) is 6.41. The molecular formula is C23H26ClN5O5. The van der Waals surface area contributed by atoms with E-state index in [1.54, 1.807) is 0 Å². The highest BCUT2D eigenvalue weighted by molar-refractivity contribution is 6.09. The number of aromatic nitrogens is 3. The number of nitrogens with zero attached hydrogens (tertiary/aromatic N) is 2. The van der Waals surface area contributed by atoms with Crippen LogP contribution in [0.4, 0.5) is 0 Å². The van der Waals surface area contributed by atoms with E-state index in [9.17, 15) is 9.90 Å². The van der Waals surface area contributed by atoms with Crippen LogP contribution in [0.1, 0.15) is 28.9 Å². The van der Waals surface area contributed by atoms with Crippen molar-refractivity contribution >= 4 is 29.3 Å². The molecule has 10 nitrogen and oxygen atoms in total. The lowest BCUT2D eigenvalue weighted by Gasteiger charge is -2.15. The number of aliphatic hydroxyl groups is 1. The van der Waals surface area contributed by atoms with Gasteiger partial charge in [0.2, 0.25) is 6.79 Å². The van der Waals surface area contributed by atoms with Crippen molar-refractivity contribution in [3.63, 3.8) is 0 Å². The molecule has 6 rings (SSSR count). The molecule has 0 bridgehead atoms. The average Bonchev–Trinajstić information content (AvgIpc) is 3.18. The zero-order valence-electron chi connectivity index (χ0n) is 18.6. The number of nitrogens with one attached hydrogen (secondary N) is 3. The van der Waals surface area contributed by atoms with Crippen molar-refractivity contribution in [2.75, 3.05) is 26.5 Å². The maximum atomic E-state index is 13.1. The zero-order valence-corrected chi connectivity index (χ0v) is 19.4. The average molecular weight is 488 g/mol. The van der Waals surface area contributed by atoms with Crippen LogP contribution in [0, 0.1) is 12.8 Å². The minimum absolute atomic E-state index is 0. The minimum Gasteiger partial charge on any atom is -0.492 e. The SMILES string of the molecule is Cc1[nH]c2c(-c3c(OCC4CC4)ccc4c3OCO4)ncnc2c1C(=O)N[C@@H]1CNC[C@H]1O.Cl. The lowest BCUT2D eigenvalue weighted by molar-refractivity contribution is 0.0889. The number of carbonyl (C=O) groups excluding carboxylic acids is 1. The minimum atomic E-state index is -0.625. The van der Waals surface area contributed by atoms with Gasteiger partial charge in [0.1, 0.15) is 23.3 Å². The van der Waals surface area contributed by atoms with Gasteiger partial charge in [-0.05, 0) is 37.8 Å². The molecular weight excluding hydrogens is 462 g/mol. The Labute approximate surface area is 201 Å². The van der Waals surface area contributed by atoms with E-state index >= 15 is 0 Å². The molecule has 0 spiro atoms. The monoisotopic (exact) mass is 487 g/mol. The molecule has 1 saturated carbocycles. The van der Waals surface area contributed by atoms with E-state index in [0.29, 0.717) is 76.4 Å². The summed E-state index contributed by atoms with van der Waals surface area (Å²) in [5.74, 6) is 2.14. The molecule has 0 unspecified atom stereocenters. The predicted octanol–water partition coefficient (Wildman–Crippen LogP) is 1.94. The van der Waals surface area contributed by atoms with Gasteiger partial charge < -0.3 is 34.9 Å². The molecule has 2 atom stereocenters. The number of amides is 1. The second kappa shape index (κ2) is 8.94. The quantitative estimate of drug-likeness (QED) is 0.415. The van der Waals surface area contributed by atoms with E-state index in [4.69, 9.17) is 14.2 Å². The number of hydrogen-bond donors (Lipinski definition) is 4. The Kier molecular flexibility index (Phi) is 5.97. The van der Waals surface area contributed by atoms with E-state index in [1.165, 1.54) is 19.2 Å². The summed E-state index contributed by atoms with van der Waals surface area (Å²) in [6.45, 7) is 3.55. The Bertz CT molecular complexity index is 1240. The van der Waals surface area contributed by atoms with Gasteiger partial charge in [0.25, 0.3) is 5.91 Å². The molecule has 3 aliphatic rings. The predicted molar refractivity (Wildman–Crippen MR) is 126 cm³/mol. The Hall–Kier alpha value is -3.08. The fourth-order valence-corrected chi connectivity index (χ4v) is 4.43.